The van der Waals surface area contributed by atoms with Crippen LogP contribution in [0.25, 0.3) is 0 Å². The van der Waals surface area contributed by atoms with Crippen LogP contribution in [0.3, 0.4) is 0 Å². The molecule has 1 aliphatic rings. The largest absolute Gasteiger partial charge is 0.367 e. The molecule has 2 rings (SSSR count). The minimum atomic E-state index is -0.497. The molecule has 1 fully saturated rings. The summed E-state index contributed by atoms with van der Waals surface area (Å²) in [6, 6.07) is 9.61. The molecule has 0 aliphatic carbocycles. The van der Waals surface area contributed by atoms with E-state index in [4.69, 9.17) is 10.5 Å². The molecule has 0 aromatic heterocycles. The number of hydrogen-bond acceptors (Lipinski definition) is 3. The van der Waals surface area contributed by atoms with Crippen LogP contribution in [0, 0.1) is 5.92 Å². The topological polar surface area (TPSA) is 55.6 Å². The van der Waals surface area contributed by atoms with Gasteiger partial charge in [-0.05, 0) is 24.4 Å². The number of ether oxygens (including phenoxy) is 1. The molecule has 1 amide bonds. The SMILES string of the molecule is CO[C@H](C(=O)N1CC[C@@H](CN)C1)c1ccccc1. The van der Waals surface area contributed by atoms with Crippen molar-refractivity contribution >= 4 is 5.91 Å². The molecule has 0 radical (unpaired) electrons. The first-order valence-electron chi connectivity index (χ1n) is 6.33. The minimum Gasteiger partial charge on any atom is -0.367 e. The molecule has 2 N–H and O–H groups in total. The number of likely N-dealkylation sites (tertiary alicyclic amines) is 1. The van der Waals surface area contributed by atoms with E-state index in [0.29, 0.717) is 12.5 Å². The Balaban J connectivity index is 2.07. The van der Waals surface area contributed by atoms with Crippen LogP contribution in [-0.2, 0) is 9.53 Å². The molecule has 1 aliphatic heterocycles. The second kappa shape index (κ2) is 5.98. The number of nitrogens with zero attached hydrogens (tertiary/aromatic N) is 1. The van der Waals surface area contributed by atoms with Crippen molar-refractivity contribution in [3.05, 3.63) is 35.9 Å². The molecule has 18 heavy (non-hydrogen) atoms. The number of nitrogens with two attached hydrogens (primary N) is 1. The number of methoxy groups -OCH3 is 1. The molecule has 0 saturated carbocycles. The van der Waals surface area contributed by atoms with Gasteiger partial charge < -0.3 is 15.4 Å². The maximum Gasteiger partial charge on any atom is 0.256 e. The Kier molecular flexibility index (Phi) is 4.33. The zero-order chi connectivity index (χ0) is 13.0. The minimum absolute atomic E-state index is 0.0413. The Morgan fingerprint density at radius 2 is 2.22 bits per heavy atom. The first-order chi connectivity index (χ1) is 8.76. The van der Waals surface area contributed by atoms with E-state index in [1.165, 1.54) is 0 Å². The van der Waals surface area contributed by atoms with Crippen LogP contribution in [0.5, 0.6) is 0 Å². The van der Waals surface area contributed by atoms with Gasteiger partial charge >= 0.3 is 0 Å². The van der Waals surface area contributed by atoms with Crippen molar-refractivity contribution in [1.29, 1.82) is 0 Å². The van der Waals surface area contributed by atoms with Crippen molar-refractivity contribution in [3.63, 3.8) is 0 Å². The highest BCUT2D eigenvalue weighted by atomic mass is 16.5. The molecule has 4 heteroatoms. The first-order valence-corrected chi connectivity index (χ1v) is 6.33. The van der Waals surface area contributed by atoms with Gasteiger partial charge in [0.1, 0.15) is 0 Å². The molecule has 98 valence electrons. The second-order valence-electron chi connectivity index (χ2n) is 4.70. The molecule has 1 aromatic carbocycles. The Hall–Kier alpha value is -1.39. The fraction of sp³-hybridized carbons (Fsp3) is 0.500. The van der Waals surface area contributed by atoms with E-state index in [2.05, 4.69) is 0 Å². The molecular formula is C14H20N2O2. The average Bonchev–Trinajstić information content (AvgIpc) is 2.89. The van der Waals surface area contributed by atoms with Crippen molar-refractivity contribution in [2.45, 2.75) is 12.5 Å². The van der Waals surface area contributed by atoms with E-state index in [1.807, 2.05) is 35.2 Å². The summed E-state index contributed by atoms with van der Waals surface area (Å²) < 4.78 is 5.36. The summed E-state index contributed by atoms with van der Waals surface area (Å²) in [4.78, 5) is 14.3. The molecule has 0 bridgehead atoms. The van der Waals surface area contributed by atoms with Crippen LogP contribution in [0.15, 0.2) is 30.3 Å². The van der Waals surface area contributed by atoms with Crippen LogP contribution < -0.4 is 5.73 Å². The van der Waals surface area contributed by atoms with Gasteiger partial charge in [0.2, 0.25) is 0 Å². The van der Waals surface area contributed by atoms with Crippen LogP contribution >= 0.6 is 0 Å². The molecular weight excluding hydrogens is 228 g/mol. The number of hydrogen-bond donors (Lipinski definition) is 1. The molecule has 1 saturated heterocycles. The summed E-state index contributed by atoms with van der Waals surface area (Å²) in [7, 11) is 1.58. The predicted molar refractivity (Wildman–Crippen MR) is 69.9 cm³/mol. The molecule has 1 aromatic rings. The summed E-state index contributed by atoms with van der Waals surface area (Å²) >= 11 is 0. The quantitative estimate of drug-likeness (QED) is 0.870. The van der Waals surface area contributed by atoms with Crippen molar-refractivity contribution in [3.8, 4) is 0 Å². The van der Waals surface area contributed by atoms with E-state index < -0.39 is 6.10 Å². The third kappa shape index (κ3) is 2.71. The smallest absolute Gasteiger partial charge is 0.256 e. The lowest BCUT2D eigenvalue weighted by molar-refractivity contribution is -0.141. The average molecular weight is 248 g/mol. The Labute approximate surface area is 108 Å². The van der Waals surface area contributed by atoms with Crippen molar-refractivity contribution in [2.24, 2.45) is 11.7 Å². The summed E-state index contributed by atoms with van der Waals surface area (Å²) in [5.74, 6) is 0.474. The van der Waals surface area contributed by atoms with Crippen molar-refractivity contribution in [1.82, 2.24) is 4.90 Å². The summed E-state index contributed by atoms with van der Waals surface area (Å²) in [6.45, 7) is 2.18. The van der Waals surface area contributed by atoms with Crippen LogP contribution in [0.2, 0.25) is 0 Å². The van der Waals surface area contributed by atoms with Gasteiger partial charge in [0.25, 0.3) is 5.91 Å². The van der Waals surface area contributed by atoms with Gasteiger partial charge in [-0.25, -0.2) is 0 Å². The van der Waals surface area contributed by atoms with Gasteiger partial charge in [0.15, 0.2) is 6.10 Å². The van der Waals surface area contributed by atoms with Gasteiger partial charge in [-0.15, -0.1) is 0 Å². The van der Waals surface area contributed by atoms with Crippen molar-refractivity contribution < 1.29 is 9.53 Å². The second-order valence-corrected chi connectivity index (χ2v) is 4.70. The molecule has 0 spiro atoms. The van der Waals surface area contributed by atoms with Gasteiger partial charge in [0, 0.05) is 20.2 Å². The van der Waals surface area contributed by atoms with Crippen LogP contribution in [0.1, 0.15) is 18.1 Å². The highest BCUT2D eigenvalue weighted by molar-refractivity contribution is 5.82. The fourth-order valence-corrected chi connectivity index (χ4v) is 2.40. The van der Waals surface area contributed by atoms with E-state index in [9.17, 15) is 4.79 Å². The molecule has 0 unspecified atom stereocenters. The number of carbonyl (C=O) groups excluding carboxylic acids is 1. The highest BCUT2D eigenvalue weighted by Gasteiger charge is 2.31. The monoisotopic (exact) mass is 248 g/mol. The summed E-state index contributed by atoms with van der Waals surface area (Å²) in [5.41, 5.74) is 6.55. The summed E-state index contributed by atoms with van der Waals surface area (Å²) in [6.07, 6.45) is 0.496. The van der Waals surface area contributed by atoms with Gasteiger partial charge in [-0.3, -0.25) is 4.79 Å². The van der Waals surface area contributed by atoms with Crippen molar-refractivity contribution in [2.75, 3.05) is 26.7 Å². The summed E-state index contributed by atoms with van der Waals surface area (Å²) in [5, 5.41) is 0. The molecule has 1 heterocycles. The zero-order valence-corrected chi connectivity index (χ0v) is 10.7. The van der Waals surface area contributed by atoms with Crippen LogP contribution in [-0.4, -0.2) is 37.6 Å². The highest BCUT2D eigenvalue weighted by Crippen LogP contribution is 2.23. The Morgan fingerprint density at radius 3 is 2.78 bits per heavy atom. The fourth-order valence-electron chi connectivity index (χ4n) is 2.40. The lowest BCUT2D eigenvalue weighted by atomic mass is 10.1. The molecule has 4 nitrogen and oxygen atoms in total. The van der Waals surface area contributed by atoms with Gasteiger partial charge in [-0.2, -0.15) is 0 Å². The molecule has 2 atom stereocenters. The van der Waals surface area contributed by atoms with E-state index in [0.717, 1.165) is 25.1 Å². The lowest BCUT2D eigenvalue weighted by Gasteiger charge is -2.22. The normalized spacial score (nSPS) is 21.0. The maximum atomic E-state index is 12.4. The van der Waals surface area contributed by atoms with Gasteiger partial charge in [-0.1, -0.05) is 30.3 Å². The van der Waals surface area contributed by atoms with Crippen LogP contribution in [0.4, 0.5) is 0 Å². The number of carbonyl (C=O) groups is 1. The third-order valence-electron chi connectivity index (χ3n) is 3.49. The predicted octanol–water partition coefficient (Wildman–Crippen LogP) is 1.18. The first kappa shape index (κ1) is 13.1. The number of amides is 1. The third-order valence-corrected chi connectivity index (χ3v) is 3.49. The number of rotatable bonds is 4. The van der Waals surface area contributed by atoms with E-state index >= 15 is 0 Å². The van der Waals surface area contributed by atoms with Gasteiger partial charge in [0.05, 0.1) is 0 Å². The number of benzene rings is 1. The van der Waals surface area contributed by atoms with E-state index in [-0.39, 0.29) is 5.91 Å². The maximum absolute atomic E-state index is 12.4. The Bertz CT molecular complexity index is 394. The standard InChI is InChI=1S/C14H20N2O2/c1-18-13(12-5-3-2-4-6-12)14(17)16-8-7-11(9-15)10-16/h2-6,11,13H,7-10,15H2,1H3/t11-,13-/m0/s1. The Morgan fingerprint density at radius 1 is 1.50 bits per heavy atom. The zero-order valence-electron chi connectivity index (χ0n) is 10.7. The lowest BCUT2D eigenvalue weighted by Crippen LogP contribution is -2.34. The van der Waals surface area contributed by atoms with E-state index in [1.54, 1.807) is 7.11 Å².